The lowest BCUT2D eigenvalue weighted by atomic mass is 9.93. The monoisotopic (exact) mass is 558 g/mol. The van der Waals surface area contributed by atoms with Crippen LogP contribution in [-0.4, -0.2) is 40.5 Å². The maximum absolute atomic E-state index is 13.6. The summed E-state index contributed by atoms with van der Waals surface area (Å²) in [5.74, 6) is -1.52. The Bertz CT molecular complexity index is 1550. The van der Waals surface area contributed by atoms with Crippen LogP contribution in [0.15, 0.2) is 60.7 Å². The summed E-state index contributed by atoms with van der Waals surface area (Å²) >= 11 is 0.966. The minimum atomic E-state index is -0.952. The highest BCUT2D eigenvalue weighted by Crippen LogP contribution is 2.44. The first-order valence-electron chi connectivity index (χ1n) is 13.1. The molecule has 1 amide bonds. The summed E-state index contributed by atoms with van der Waals surface area (Å²) in [6, 6.07) is 11.9. The van der Waals surface area contributed by atoms with Gasteiger partial charge in [0.1, 0.15) is 29.1 Å². The molecular formula is C31H30N2O6S. The third-order valence-corrected chi connectivity index (χ3v) is 8.18. The van der Waals surface area contributed by atoms with Crippen LogP contribution in [0.4, 0.5) is 5.13 Å². The molecule has 0 saturated carbocycles. The van der Waals surface area contributed by atoms with Crippen molar-refractivity contribution in [1.29, 1.82) is 0 Å². The van der Waals surface area contributed by atoms with Crippen molar-refractivity contribution in [2.45, 2.75) is 52.2 Å². The number of Topliss-reactive ketones (excluding diaryl/α,β-unsaturated/α-hetero) is 1. The molecule has 3 aromatic rings. The van der Waals surface area contributed by atoms with Crippen LogP contribution < -0.4 is 9.64 Å². The minimum absolute atomic E-state index is 0.0120. The molecule has 0 bridgehead atoms. The predicted octanol–water partition coefficient (Wildman–Crippen LogP) is 5.87. The van der Waals surface area contributed by atoms with Crippen molar-refractivity contribution in [3.8, 4) is 5.75 Å². The van der Waals surface area contributed by atoms with E-state index in [0.29, 0.717) is 23.2 Å². The number of thiazole rings is 1. The molecule has 2 aliphatic rings. The first kappa shape index (κ1) is 27.3. The molecule has 0 aliphatic carbocycles. The van der Waals surface area contributed by atoms with E-state index in [4.69, 9.17) is 9.47 Å². The molecule has 0 unspecified atom stereocenters. The lowest BCUT2D eigenvalue weighted by Gasteiger charge is -2.23. The number of aliphatic hydroxyl groups excluding tert-OH is 1. The van der Waals surface area contributed by atoms with Crippen molar-refractivity contribution in [3.63, 3.8) is 0 Å². The number of benzene rings is 2. The number of carbonyl (C=O) groups is 3. The second-order valence-corrected chi connectivity index (χ2v) is 11.2. The summed E-state index contributed by atoms with van der Waals surface area (Å²) in [4.78, 5) is 45.7. The Balaban J connectivity index is 1.65. The smallest absolute Gasteiger partial charge is 0.350 e. The van der Waals surface area contributed by atoms with E-state index < -0.39 is 23.7 Å². The number of rotatable bonds is 7. The van der Waals surface area contributed by atoms with Gasteiger partial charge in [-0.3, -0.25) is 14.5 Å². The number of ketones is 1. The lowest BCUT2D eigenvalue weighted by molar-refractivity contribution is -0.132. The van der Waals surface area contributed by atoms with Crippen LogP contribution >= 0.6 is 11.3 Å². The quantitative estimate of drug-likeness (QED) is 0.127. The largest absolute Gasteiger partial charge is 0.507 e. The van der Waals surface area contributed by atoms with Gasteiger partial charge >= 0.3 is 11.9 Å². The van der Waals surface area contributed by atoms with Gasteiger partial charge in [0.15, 0.2) is 5.13 Å². The third kappa shape index (κ3) is 4.81. The zero-order chi connectivity index (χ0) is 28.7. The van der Waals surface area contributed by atoms with Crippen molar-refractivity contribution in [3.05, 3.63) is 93.5 Å². The summed E-state index contributed by atoms with van der Waals surface area (Å²) in [5, 5.41) is 11.7. The molecule has 2 aliphatic heterocycles. The number of nitrogens with zero attached hydrogens (tertiary/aromatic N) is 2. The Morgan fingerprint density at radius 2 is 1.98 bits per heavy atom. The number of esters is 1. The summed E-state index contributed by atoms with van der Waals surface area (Å²) in [5.41, 5.74) is 3.39. The summed E-state index contributed by atoms with van der Waals surface area (Å²) in [7, 11) is 0. The SMILES string of the molecule is C=CCOC(=O)c1sc(N2C(=O)C(=O)C(=C(O)c3ccc4c(c3)C[C@@H](C)O4)[C@@H]2c2ccc(C(C)C)cc2)nc1C. The molecule has 0 radical (unpaired) electrons. The number of anilines is 1. The zero-order valence-corrected chi connectivity index (χ0v) is 23.6. The van der Waals surface area contributed by atoms with Gasteiger partial charge in [0.2, 0.25) is 0 Å². The number of carbonyl (C=O) groups excluding carboxylic acids is 3. The van der Waals surface area contributed by atoms with E-state index in [0.717, 1.165) is 28.2 Å². The van der Waals surface area contributed by atoms with Gasteiger partial charge in [-0.2, -0.15) is 0 Å². The average Bonchev–Trinajstić information content (AvgIpc) is 3.58. The molecule has 9 heteroatoms. The zero-order valence-electron chi connectivity index (χ0n) is 22.8. The minimum Gasteiger partial charge on any atom is -0.507 e. The second kappa shape index (κ2) is 10.7. The second-order valence-electron chi connectivity index (χ2n) is 10.2. The summed E-state index contributed by atoms with van der Waals surface area (Å²) in [6.07, 6.45) is 2.15. The van der Waals surface area contributed by atoms with E-state index in [1.807, 2.05) is 31.2 Å². The highest BCUT2D eigenvalue weighted by Gasteiger charge is 2.48. The van der Waals surface area contributed by atoms with Gasteiger partial charge < -0.3 is 14.6 Å². The average molecular weight is 559 g/mol. The highest BCUT2D eigenvalue weighted by atomic mass is 32.1. The molecule has 3 heterocycles. The number of hydrogen-bond acceptors (Lipinski definition) is 8. The molecule has 206 valence electrons. The Morgan fingerprint density at radius 1 is 1.25 bits per heavy atom. The first-order chi connectivity index (χ1) is 19.1. The van der Waals surface area contributed by atoms with Crippen LogP contribution in [-0.2, 0) is 20.7 Å². The fourth-order valence-electron chi connectivity index (χ4n) is 5.01. The topological polar surface area (TPSA) is 106 Å². The number of hydrogen-bond donors (Lipinski definition) is 1. The van der Waals surface area contributed by atoms with E-state index in [2.05, 4.69) is 25.4 Å². The van der Waals surface area contributed by atoms with Crippen LogP contribution in [0.25, 0.3) is 5.76 Å². The van der Waals surface area contributed by atoms with Crippen molar-refractivity contribution in [2.24, 2.45) is 0 Å². The molecule has 8 nitrogen and oxygen atoms in total. The fourth-order valence-corrected chi connectivity index (χ4v) is 6.00. The highest BCUT2D eigenvalue weighted by molar-refractivity contribution is 7.17. The van der Waals surface area contributed by atoms with E-state index in [1.165, 1.54) is 11.0 Å². The maximum Gasteiger partial charge on any atom is 0.350 e. The van der Waals surface area contributed by atoms with Crippen molar-refractivity contribution < 1.29 is 29.0 Å². The predicted molar refractivity (Wildman–Crippen MR) is 153 cm³/mol. The van der Waals surface area contributed by atoms with E-state index >= 15 is 0 Å². The van der Waals surface area contributed by atoms with Gasteiger partial charge in [0.25, 0.3) is 5.78 Å². The van der Waals surface area contributed by atoms with Crippen molar-refractivity contribution in [2.75, 3.05) is 11.5 Å². The molecule has 5 rings (SSSR count). The van der Waals surface area contributed by atoms with Gasteiger partial charge in [-0.25, -0.2) is 9.78 Å². The maximum atomic E-state index is 13.6. The Hall–Kier alpha value is -4.24. The Labute approximate surface area is 236 Å². The third-order valence-electron chi connectivity index (χ3n) is 7.04. The van der Waals surface area contributed by atoms with Crippen LogP contribution in [0, 0.1) is 6.92 Å². The summed E-state index contributed by atoms with van der Waals surface area (Å²) in [6.45, 7) is 11.3. The number of aromatic nitrogens is 1. The van der Waals surface area contributed by atoms with Gasteiger partial charge in [-0.15, -0.1) is 0 Å². The molecular weight excluding hydrogens is 528 g/mol. The molecule has 2 aromatic carbocycles. The van der Waals surface area contributed by atoms with E-state index in [1.54, 1.807) is 25.1 Å². The number of amides is 1. The normalized spacial score (nSPS) is 19.6. The Kier molecular flexibility index (Phi) is 7.33. The van der Waals surface area contributed by atoms with Crippen molar-refractivity contribution in [1.82, 2.24) is 4.98 Å². The van der Waals surface area contributed by atoms with E-state index in [-0.39, 0.29) is 40.0 Å². The molecule has 2 atom stereocenters. The molecule has 1 aromatic heterocycles. The molecule has 1 N–H and O–H groups in total. The lowest BCUT2D eigenvalue weighted by Crippen LogP contribution is -2.29. The van der Waals surface area contributed by atoms with Crippen LogP contribution in [0.3, 0.4) is 0 Å². The number of aryl methyl sites for hydroxylation is 1. The number of fused-ring (bicyclic) bond motifs is 1. The van der Waals surface area contributed by atoms with Crippen molar-refractivity contribution >= 4 is 39.9 Å². The van der Waals surface area contributed by atoms with Gasteiger partial charge in [-0.05, 0) is 54.7 Å². The molecule has 40 heavy (non-hydrogen) atoms. The van der Waals surface area contributed by atoms with Crippen LogP contribution in [0.2, 0.25) is 0 Å². The van der Waals surface area contributed by atoms with Crippen LogP contribution in [0.5, 0.6) is 5.75 Å². The molecule has 1 fully saturated rings. The Morgan fingerprint density at radius 3 is 2.65 bits per heavy atom. The van der Waals surface area contributed by atoms with E-state index in [9.17, 15) is 19.5 Å². The van der Waals surface area contributed by atoms with Gasteiger partial charge in [-0.1, -0.05) is 62.1 Å². The van der Waals surface area contributed by atoms with Crippen LogP contribution in [0.1, 0.15) is 70.4 Å². The number of ether oxygens (including phenoxy) is 2. The van der Waals surface area contributed by atoms with Gasteiger partial charge in [0.05, 0.1) is 17.3 Å². The van der Waals surface area contributed by atoms with Gasteiger partial charge in [0, 0.05) is 12.0 Å². The summed E-state index contributed by atoms with van der Waals surface area (Å²) < 4.78 is 11.0. The molecule has 0 spiro atoms. The first-order valence-corrected chi connectivity index (χ1v) is 13.9. The molecule has 1 saturated heterocycles. The number of aliphatic hydroxyl groups is 1. The fraction of sp³-hybridized carbons (Fsp3) is 0.290. The standard InChI is InChI=1S/C31H30N2O6S/c1-6-13-38-30(37)28-18(5)32-31(40-28)33-25(20-9-7-19(8-10-20)16(2)3)24(27(35)29(33)36)26(34)21-11-12-23-22(15-21)14-17(4)39-23/h6-12,15-17,25,34H,1,13-14H2,2-5H3/t17-,25+/m1/s1.